The van der Waals surface area contributed by atoms with Crippen LogP contribution in [0.4, 0.5) is 0 Å². The molecule has 0 bridgehead atoms. The number of Topliss-reactive ketones (excluding diaryl/α,β-unsaturated/α-hetero) is 1. The van der Waals surface area contributed by atoms with Gasteiger partial charge in [-0.15, -0.1) is 0 Å². The molecule has 7 heteroatoms. The SMILES string of the molecule is CCc1ccc(C(=O)N[C@@H](CC(C)C)C(=O)N2CCC3C2C(=O)CN3C(=O)c2ccccc2)cc1. The van der Waals surface area contributed by atoms with Gasteiger partial charge in [0.1, 0.15) is 12.1 Å². The van der Waals surface area contributed by atoms with Crippen LogP contribution >= 0.6 is 0 Å². The van der Waals surface area contributed by atoms with E-state index in [0.29, 0.717) is 30.5 Å². The number of carbonyl (C=O) groups is 4. The normalized spacial score (nSPS) is 20.2. The number of aryl methyl sites for hydroxylation is 1. The fourth-order valence-corrected chi connectivity index (χ4v) is 5.11. The van der Waals surface area contributed by atoms with E-state index in [1.54, 1.807) is 46.2 Å². The van der Waals surface area contributed by atoms with Gasteiger partial charge in [0.15, 0.2) is 5.78 Å². The lowest BCUT2D eigenvalue weighted by Crippen LogP contribution is -2.53. The van der Waals surface area contributed by atoms with Crippen molar-refractivity contribution in [2.45, 2.75) is 58.2 Å². The van der Waals surface area contributed by atoms with Crippen molar-refractivity contribution in [1.82, 2.24) is 15.1 Å². The number of benzene rings is 2. The van der Waals surface area contributed by atoms with Crippen LogP contribution < -0.4 is 5.32 Å². The fraction of sp³-hybridized carbons (Fsp3) is 0.429. The van der Waals surface area contributed by atoms with Gasteiger partial charge in [0, 0.05) is 17.7 Å². The van der Waals surface area contributed by atoms with Crippen LogP contribution in [0.2, 0.25) is 0 Å². The number of ketones is 1. The fourth-order valence-electron chi connectivity index (χ4n) is 5.11. The third kappa shape index (κ3) is 5.14. The molecular weight excluding hydrogens is 442 g/mol. The molecule has 0 radical (unpaired) electrons. The van der Waals surface area contributed by atoms with Crippen LogP contribution in [0.25, 0.3) is 0 Å². The van der Waals surface area contributed by atoms with E-state index in [2.05, 4.69) is 12.2 Å². The van der Waals surface area contributed by atoms with Gasteiger partial charge in [0.2, 0.25) is 5.91 Å². The first-order valence-electron chi connectivity index (χ1n) is 12.4. The number of likely N-dealkylation sites (tertiary alicyclic amines) is 2. The molecule has 7 nitrogen and oxygen atoms in total. The highest BCUT2D eigenvalue weighted by molar-refractivity contribution is 6.03. The smallest absolute Gasteiger partial charge is 0.254 e. The molecule has 2 aliphatic rings. The molecule has 35 heavy (non-hydrogen) atoms. The Morgan fingerprint density at radius 2 is 1.66 bits per heavy atom. The van der Waals surface area contributed by atoms with Crippen LogP contribution in [-0.4, -0.2) is 64.5 Å². The average molecular weight is 476 g/mol. The lowest BCUT2D eigenvalue weighted by atomic mass is 10.0. The Morgan fingerprint density at radius 3 is 2.29 bits per heavy atom. The summed E-state index contributed by atoms with van der Waals surface area (Å²) in [5.74, 6) is -0.716. The summed E-state index contributed by atoms with van der Waals surface area (Å²) >= 11 is 0. The van der Waals surface area contributed by atoms with Gasteiger partial charge in [-0.3, -0.25) is 19.2 Å². The van der Waals surface area contributed by atoms with Gasteiger partial charge in [-0.1, -0.05) is 51.1 Å². The Hall–Kier alpha value is -3.48. The summed E-state index contributed by atoms with van der Waals surface area (Å²) in [4.78, 5) is 55.8. The van der Waals surface area contributed by atoms with Crippen molar-refractivity contribution in [1.29, 1.82) is 0 Å². The first-order chi connectivity index (χ1) is 16.8. The topological polar surface area (TPSA) is 86.8 Å². The maximum atomic E-state index is 13.6. The minimum Gasteiger partial charge on any atom is -0.340 e. The van der Waals surface area contributed by atoms with Crippen molar-refractivity contribution in [2.75, 3.05) is 13.1 Å². The molecule has 0 saturated carbocycles. The second-order valence-corrected chi connectivity index (χ2v) is 9.80. The molecule has 0 spiro atoms. The maximum Gasteiger partial charge on any atom is 0.254 e. The van der Waals surface area contributed by atoms with Crippen LogP contribution in [0, 0.1) is 5.92 Å². The van der Waals surface area contributed by atoms with E-state index in [1.807, 2.05) is 32.0 Å². The van der Waals surface area contributed by atoms with Gasteiger partial charge in [-0.05, 0) is 55.0 Å². The number of hydrogen-bond acceptors (Lipinski definition) is 4. The highest BCUT2D eigenvalue weighted by Crippen LogP contribution is 2.31. The van der Waals surface area contributed by atoms with E-state index in [9.17, 15) is 19.2 Å². The van der Waals surface area contributed by atoms with Crippen LogP contribution in [0.15, 0.2) is 54.6 Å². The lowest BCUT2D eigenvalue weighted by molar-refractivity contribution is -0.138. The third-order valence-corrected chi connectivity index (χ3v) is 6.92. The average Bonchev–Trinajstić information content (AvgIpc) is 3.44. The summed E-state index contributed by atoms with van der Waals surface area (Å²) < 4.78 is 0. The Morgan fingerprint density at radius 1 is 0.971 bits per heavy atom. The molecular formula is C28H33N3O4. The number of rotatable bonds is 7. The Balaban J connectivity index is 1.50. The van der Waals surface area contributed by atoms with Crippen molar-refractivity contribution in [3.05, 3.63) is 71.3 Å². The molecule has 0 aromatic heterocycles. The minimum atomic E-state index is -0.737. The summed E-state index contributed by atoms with van der Waals surface area (Å²) in [7, 11) is 0. The molecule has 2 aliphatic heterocycles. The number of amides is 3. The Kier molecular flexibility index (Phi) is 7.34. The van der Waals surface area contributed by atoms with E-state index in [4.69, 9.17) is 0 Å². The number of nitrogens with zero attached hydrogens (tertiary/aromatic N) is 2. The molecule has 2 aromatic rings. The van der Waals surface area contributed by atoms with E-state index in [1.165, 1.54) is 0 Å². The molecule has 184 valence electrons. The molecule has 0 aliphatic carbocycles. The summed E-state index contributed by atoms with van der Waals surface area (Å²) in [6.45, 7) is 6.42. The number of fused-ring (bicyclic) bond motifs is 1. The van der Waals surface area contributed by atoms with E-state index < -0.39 is 12.1 Å². The molecule has 2 aromatic carbocycles. The van der Waals surface area contributed by atoms with Gasteiger partial charge < -0.3 is 15.1 Å². The summed E-state index contributed by atoms with van der Waals surface area (Å²) in [6.07, 6.45) is 1.89. The monoisotopic (exact) mass is 475 g/mol. The quantitative estimate of drug-likeness (QED) is 0.667. The Bertz CT molecular complexity index is 1100. The molecule has 2 heterocycles. The summed E-state index contributed by atoms with van der Waals surface area (Å²) in [5.41, 5.74) is 2.17. The lowest BCUT2D eigenvalue weighted by Gasteiger charge is -2.29. The van der Waals surface area contributed by atoms with Gasteiger partial charge in [0.25, 0.3) is 11.8 Å². The van der Waals surface area contributed by atoms with Crippen LogP contribution in [0.3, 0.4) is 0 Å². The molecule has 3 atom stereocenters. The number of hydrogen-bond donors (Lipinski definition) is 1. The zero-order chi connectivity index (χ0) is 25.1. The highest BCUT2D eigenvalue weighted by Gasteiger charge is 2.52. The molecule has 2 unspecified atom stereocenters. The maximum absolute atomic E-state index is 13.6. The molecule has 2 saturated heterocycles. The molecule has 3 amide bonds. The van der Waals surface area contributed by atoms with Gasteiger partial charge in [-0.25, -0.2) is 0 Å². The van der Waals surface area contributed by atoms with E-state index in [0.717, 1.165) is 12.0 Å². The van der Waals surface area contributed by atoms with Crippen molar-refractivity contribution in [2.24, 2.45) is 5.92 Å². The van der Waals surface area contributed by atoms with Gasteiger partial charge in [-0.2, -0.15) is 0 Å². The van der Waals surface area contributed by atoms with E-state index in [-0.39, 0.29) is 42.0 Å². The second-order valence-electron chi connectivity index (χ2n) is 9.80. The summed E-state index contributed by atoms with van der Waals surface area (Å²) in [6, 6.07) is 14.5. The first-order valence-corrected chi connectivity index (χ1v) is 12.4. The predicted octanol–water partition coefficient (Wildman–Crippen LogP) is 3.09. The van der Waals surface area contributed by atoms with Crippen LogP contribution in [0.5, 0.6) is 0 Å². The van der Waals surface area contributed by atoms with Crippen molar-refractivity contribution in [3.63, 3.8) is 0 Å². The van der Waals surface area contributed by atoms with Crippen LogP contribution in [0.1, 0.15) is 59.9 Å². The standard InChI is InChI=1S/C28H33N3O4/c1-4-19-10-12-20(13-11-19)26(33)29-22(16-18(2)3)28(35)30-15-14-23-25(30)24(32)17-31(23)27(34)21-8-6-5-7-9-21/h5-13,18,22-23,25H,4,14-17H2,1-3H3,(H,29,33)/t22-,23?,25?/m0/s1. The Labute approximate surface area is 206 Å². The molecule has 2 fully saturated rings. The largest absolute Gasteiger partial charge is 0.340 e. The van der Waals surface area contributed by atoms with Crippen molar-refractivity contribution in [3.8, 4) is 0 Å². The van der Waals surface area contributed by atoms with Gasteiger partial charge in [0.05, 0.1) is 12.6 Å². The minimum absolute atomic E-state index is 0.00216. The molecule has 4 rings (SSSR count). The summed E-state index contributed by atoms with van der Waals surface area (Å²) in [5, 5.41) is 2.91. The first kappa shape index (κ1) is 24.6. The zero-order valence-corrected chi connectivity index (χ0v) is 20.6. The molecule has 1 N–H and O–H groups in total. The van der Waals surface area contributed by atoms with E-state index >= 15 is 0 Å². The number of nitrogens with one attached hydrogen (secondary N) is 1. The van der Waals surface area contributed by atoms with Gasteiger partial charge >= 0.3 is 0 Å². The highest BCUT2D eigenvalue weighted by atomic mass is 16.2. The zero-order valence-electron chi connectivity index (χ0n) is 20.6. The predicted molar refractivity (Wildman–Crippen MR) is 133 cm³/mol. The second kappa shape index (κ2) is 10.4. The van der Waals surface area contributed by atoms with Crippen molar-refractivity contribution < 1.29 is 19.2 Å². The number of carbonyl (C=O) groups excluding carboxylic acids is 4. The van der Waals surface area contributed by atoms with Crippen LogP contribution in [-0.2, 0) is 16.0 Å². The van der Waals surface area contributed by atoms with Crippen molar-refractivity contribution >= 4 is 23.5 Å². The third-order valence-electron chi connectivity index (χ3n) is 6.92.